The lowest BCUT2D eigenvalue weighted by Gasteiger charge is -1.96. The molecule has 0 aromatic carbocycles. The molecule has 3 nitrogen and oxygen atoms in total. The van der Waals surface area contributed by atoms with Crippen molar-refractivity contribution in [1.82, 2.24) is 0 Å². The van der Waals surface area contributed by atoms with Gasteiger partial charge in [0, 0.05) is 12.8 Å². The summed E-state index contributed by atoms with van der Waals surface area (Å²) in [5.74, 6) is 0.573. The van der Waals surface area contributed by atoms with E-state index in [1.54, 1.807) is 32.4 Å². The number of ether oxygens (including phenoxy) is 2. The lowest BCUT2D eigenvalue weighted by molar-refractivity contribution is 0.233. The number of hydrogen-bond donors (Lipinski definition) is 1. The predicted molar refractivity (Wildman–Crippen MR) is 49.4 cm³/mol. The Labute approximate surface area is 73.2 Å². The Bertz CT molecular complexity index is 195. The summed E-state index contributed by atoms with van der Waals surface area (Å²) in [5, 5.41) is 0. The lowest BCUT2D eigenvalue weighted by Crippen LogP contribution is -1.95. The molecule has 0 aromatic heterocycles. The molecule has 0 aliphatic heterocycles. The van der Waals surface area contributed by atoms with E-state index in [9.17, 15) is 0 Å². The molecule has 0 atom stereocenters. The zero-order valence-electron chi connectivity index (χ0n) is 7.54. The summed E-state index contributed by atoms with van der Waals surface area (Å²) in [4.78, 5) is 0. The third-order valence-corrected chi connectivity index (χ3v) is 1.21. The van der Waals surface area contributed by atoms with Crippen molar-refractivity contribution in [3.8, 4) is 0 Å². The van der Waals surface area contributed by atoms with E-state index >= 15 is 0 Å². The second-order valence-corrected chi connectivity index (χ2v) is 2.16. The van der Waals surface area contributed by atoms with Gasteiger partial charge in [0.1, 0.15) is 5.76 Å². The number of allylic oxidation sites excluding steroid dienone is 2. The van der Waals surface area contributed by atoms with E-state index in [-0.39, 0.29) is 0 Å². The largest absolute Gasteiger partial charge is 0.497 e. The van der Waals surface area contributed by atoms with Gasteiger partial charge >= 0.3 is 0 Å². The molecule has 3 heteroatoms. The smallest absolute Gasteiger partial charge is 0.111 e. The first-order valence-corrected chi connectivity index (χ1v) is 3.56. The average Bonchev–Trinajstić information content (AvgIpc) is 2.10. The first-order chi connectivity index (χ1) is 5.70. The molecule has 0 fully saturated rings. The van der Waals surface area contributed by atoms with Crippen molar-refractivity contribution in [2.75, 3.05) is 20.8 Å². The van der Waals surface area contributed by atoms with Crippen LogP contribution < -0.4 is 5.73 Å². The lowest BCUT2D eigenvalue weighted by atomic mass is 10.3. The summed E-state index contributed by atoms with van der Waals surface area (Å²) < 4.78 is 9.61. The highest BCUT2D eigenvalue weighted by atomic mass is 16.5. The SMILES string of the molecule is C=C(/C=C\C(N)=C/COC)OC. The minimum Gasteiger partial charge on any atom is -0.497 e. The van der Waals surface area contributed by atoms with E-state index in [2.05, 4.69) is 6.58 Å². The Kier molecular flexibility index (Phi) is 5.83. The summed E-state index contributed by atoms with van der Waals surface area (Å²) in [5.41, 5.74) is 6.19. The molecule has 0 aliphatic carbocycles. The zero-order valence-corrected chi connectivity index (χ0v) is 7.54. The Hall–Kier alpha value is -1.22. The number of rotatable bonds is 5. The minimum absolute atomic E-state index is 0.510. The van der Waals surface area contributed by atoms with Gasteiger partial charge in [-0.1, -0.05) is 6.58 Å². The zero-order chi connectivity index (χ0) is 9.40. The van der Waals surface area contributed by atoms with Crippen LogP contribution in [0.25, 0.3) is 0 Å². The molecule has 0 rings (SSSR count). The highest BCUT2D eigenvalue weighted by Gasteiger charge is 1.84. The van der Waals surface area contributed by atoms with Crippen LogP contribution in [0.5, 0.6) is 0 Å². The molecule has 2 N–H and O–H groups in total. The van der Waals surface area contributed by atoms with Crippen LogP contribution in [-0.2, 0) is 9.47 Å². The van der Waals surface area contributed by atoms with Crippen molar-refractivity contribution in [3.63, 3.8) is 0 Å². The molecule has 12 heavy (non-hydrogen) atoms. The maximum atomic E-state index is 5.56. The molecule has 0 spiro atoms. The summed E-state index contributed by atoms with van der Waals surface area (Å²) in [7, 11) is 3.17. The van der Waals surface area contributed by atoms with Crippen molar-refractivity contribution < 1.29 is 9.47 Å². The monoisotopic (exact) mass is 169 g/mol. The second kappa shape index (κ2) is 6.49. The van der Waals surface area contributed by atoms with E-state index in [1.165, 1.54) is 0 Å². The maximum Gasteiger partial charge on any atom is 0.111 e. The summed E-state index contributed by atoms with van der Waals surface area (Å²) >= 11 is 0. The molecule has 68 valence electrons. The van der Waals surface area contributed by atoms with Gasteiger partial charge in [-0.05, 0) is 18.2 Å². The quantitative estimate of drug-likeness (QED) is 0.496. The van der Waals surface area contributed by atoms with Gasteiger partial charge in [0.15, 0.2) is 0 Å². The fourth-order valence-electron chi connectivity index (χ4n) is 0.505. The Balaban J connectivity index is 3.89. The van der Waals surface area contributed by atoms with Gasteiger partial charge in [-0.25, -0.2) is 0 Å². The molecule has 0 unspecified atom stereocenters. The Morgan fingerprint density at radius 3 is 2.58 bits per heavy atom. The second-order valence-electron chi connectivity index (χ2n) is 2.16. The standard InChI is InChI=1S/C9H15NO2/c1-8(12-3)4-5-9(10)6-7-11-2/h4-6H,1,7,10H2,2-3H3/b5-4-,9-6+. The molecular formula is C9H15NO2. The normalized spacial score (nSPS) is 12.0. The average molecular weight is 169 g/mol. The number of hydrogen-bond acceptors (Lipinski definition) is 3. The summed E-state index contributed by atoms with van der Waals surface area (Å²) in [6.45, 7) is 4.11. The fraction of sp³-hybridized carbons (Fsp3) is 0.333. The number of nitrogens with two attached hydrogens (primary N) is 1. The van der Waals surface area contributed by atoms with Gasteiger partial charge in [-0.2, -0.15) is 0 Å². The first kappa shape index (κ1) is 10.8. The van der Waals surface area contributed by atoms with Crippen LogP contribution in [0.2, 0.25) is 0 Å². The van der Waals surface area contributed by atoms with Gasteiger partial charge in [-0.3, -0.25) is 0 Å². The van der Waals surface area contributed by atoms with Crippen molar-refractivity contribution >= 4 is 0 Å². The first-order valence-electron chi connectivity index (χ1n) is 3.56. The maximum absolute atomic E-state index is 5.56. The van der Waals surface area contributed by atoms with E-state index in [0.29, 0.717) is 18.1 Å². The molecule has 0 saturated carbocycles. The van der Waals surface area contributed by atoms with Crippen LogP contribution in [0.4, 0.5) is 0 Å². The highest BCUT2D eigenvalue weighted by molar-refractivity contribution is 5.21. The van der Waals surface area contributed by atoms with E-state index in [4.69, 9.17) is 15.2 Å². The molecule has 0 aromatic rings. The van der Waals surface area contributed by atoms with Crippen molar-refractivity contribution in [1.29, 1.82) is 0 Å². The van der Waals surface area contributed by atoms with Gasteiger partial charge in [0.2, 0.25) is 0 Å². The summed E-state index contributed by atoms with van der Waals surface area (Å²) in [6, 6.07) is 0. The molecule has 0 aliphatic rings. The Morgan fingerprint density at radius 2 is 2.08 bits per heavy atom. The van der Waals surface area contributed by atoms with Crippen LogP contribution in [0.1, 0.15) is 0 Å². The molecule has 0 bridgehead atoms. The van der Waals surface area contributed by atoms with Crippen molar-refractivity contribution in [3.05, 3.63) is 36.3 Å². The van der Waals surface area contributed by atoms with Crippen LogP contribution >= 0.6 is 0 Å². The fourth-order valence-corrected chi connectivity index (χ4v) is 0.505. The van der Waals surface area contributed by atoms with Crippen molar-refractivity contribution in [2.24, 2.45) is 5.73 Å². The van der Waals surface area contributed by atoms with Crippen molar-refractivity contribution in [2.45, 2.75) is 0 Å². The van der Waals surface area contributed by atoms with Crippen LogP contribution in [-0.4, -0.2) is 20.8 Å². The topological polar surface area (TPSA) is 44.5 Å². The van der Waals surface area contributed by atoms with Crippen LogP contribution in [0, 0.1) is 0 Å². The highest BCUT2D eigenvalue weighted by Crippen LogP contribution is 1.95. The molecular weight excluding hydrogens is 154 g/mol. The predicted octanol–water partition coefficient (Wildman–Crippen LogP) is 1.19. The minimum atomic E-state index is 0.510. The third kappa shape index (κ3) is 5.56. The van der Waals surface area contributed by atoms with E-state index in [0.717, 1.165) is 0 Å². The van der Waals surface area contributed by atoms with Gasteiger partial charge < -0.3 is 15.2 Å². The number of methoxy groups -OCH3 is 2. The molecule has 0 heterocycles. The van der Waals surface area contributed by atoms with E-state index in [1.807, 2.05) is 0 Å². The molecule has 0 saturated heterocycles. The van der Waals surface area contributed by atoms with Gasteiger partial charge in [-0.15, -0.1) is 0 Å². The van der Waals surface area contributed by atoms with Crippen LogP contribution in [0.3, 0.4) is 0 Å². The third-order valence-electron chi connectivity index (χ3n) is 1.21. The van der Waals surface area contributed by atoms with E-state index < -0.39 is 0 Å². The van der Waals surface area contributed by atoms with Crippen LogP contribution in [0.15, 0.2) is 36.3 Å². The summed E-state index contributed by atoms with van der Waals surface area (Å²) in [6.07, 6.45) is 5.17. The van der Waals surface area contributed by atoms with Gasteiger partial charge in [0.05, 0.1) is 13.7 Å². The molecule has 0 radical (unpaired) electrons. The molecule has 0 amide bonds. The Morgan fingerprint density at radius 1 is 1.42 bits per heavy atom. The van der Waals surface area contributed by atoms with Gasteiger partial charge in [0.25, 0.3) is 0 Å².